The highest BCUT2D eigenvalue weighted by Gasteiger charge is 2.53. The Kier molecular flexibility index (Phi) is 5.50. The summed E-state index contributed by atoms with van der Waals surface area (Å²) in [6.45, 7) is 1.72. The van der Waals surface area contributed by atoms with Crippen molar-refractivity contribution in [1.29, 1.82) is 0 Å². The number of rotatable bonds is 5. The summed E-state index contributed by atoms with van der Waals surface area (Å²) < 4.78 is 5.29. The van der Waals surface area contributed by atoms with Crippen LogP contribution < -0.4 is 0 Å². The smallest absolute Gasteiger partial charge is 0.330 e. The van der Waals surface area contributed by atoms with Gasteiger partial charge in [0.15, 0.2) is 12.4 Å². The van der Waals surface area contributed by atoms with Crippen LogP contribution in [0.15, 0.2) is 24.3 Å². The fraction of sp³-hybridized carbons (Fsp3) is 0.591. The molecule has 4 rings (SSSR count). The minimum atomic E-state index is -0.577. The fourth-order valence-corrected chi connectivity index (χ4v) is 6.11. The number of hydrogen-bond donors (Lipinski definition) is 0. The number of nitrogens with zero attached hydrogens (tertiary/aromatic N) is 1. The van der Waals surface area contributed by atoms with Crippen LogP contribution in [0.3, 0.4) is 0 Å². The first-order valence-electron chi connectivity index (χ1n) is 10.2. The van der Waals surface area contributed by atoms with E-state index in [0.717, 1.165) is 6.42 Å². The SMILES string of the molecule is C[C@@]12CCC(=O)N1[C@H](C(=O)OCC(=O)c1ccc(C3CCCCC3)cc1)CS2. The van der Waals surface area contributed by atoms with Crippen LogP contribution in [-0.2, 0) is 14.3 Å². The lowest BCUT2D eigenvalue weighted by atomic mass is 9.84. The van der Waals surface area contributed by atoms with E-state index >= 15 is 0 Å². The van der Waals surface area contributed by atoms with Crippen LogP contribution >= 0.6 is 11.8 Å². The van der Waals surface area contributed by atoms with E-state index in [9.17, 15) is 14.4 Å². The summed E-state index contributed by atoms with van der Waals surface area (Å²) in [5.41, 5.74) is 1.86. The van der Waals surface area contributed by atoms with Gasteiger partial charge in [-0.3, -0.25) is 9.59 Å². The highest BCUT2D eigenvalue weighted by molar-refractivity contribution is 8.01. The van der Waals surface area contributed by atoms with Crippen molar-refractivity contribution >= 4 is 29.4 Å². The van der Waals surface area contributed by atoms with E-state index in [1.165, 1.54) is 37.7 Å². The minimum absolute atomic E-state index is 0.000854. The van der Waals surface area contributed by atoms with Crippen molar-refractivity contribution < 1.29 is 19.1 Å². The number of Topliss-reactive ketones (excluding diaryl/α,β-unsaturated/α-hetero) is 1. The van der Waals surface area contributed by atoms with Gasteiger partial charge in [0.25, 0.3) is 0 Å². The third-order valence-corrected chi connectivity index (χ3v) is 7.88. The van der Waals surface area contributed by atoms with Gasteiger partial charge in [-0.2, -0.15) is 0 Å². The van der Waals surface area contributed by atoms with Crippen molar-refractivity contribution in [1.82, 2.24) is 4.90 Å². The third kappa shape index (κ3) is 3.71. The molecule has 150 valence electrons. The lowest BCUT2D eigenvalue weighted by Gasteiger charge is -2.29. The molecule has 2 heterocycles. The van der Waals surface area contributed by atoms with Crippen LogP contribution in [-0.4, -0.2) is 45.8 Å². The topological polar surface area (TPSA) is 63.7 Å². The molecule has 2 saturated heterocycles. The Morgan fingerprint density at radius 2 is 1.89 bits per heavy atom. The normalized spacial score (nSPS) is 27.7. The molecule has 0 bridgehead atoms. The zero-order valence-electron chi connectivity index (χ0n) is 16.3. The standard InChI is InChI=1S/C22H27NO4S/c1-22-12-11-20(25)23(22)18(14-28-22)21(26)27-13-19(24)17-9-7-16(8-10-17)15-5-3-2-4-6-15/h7-10,15,18H,2-6,11-14H2,1H3/t18-,22+/m0/s1. The van der Waals surface area contributed by atoms with Gasteiger partial charge >= 0.3 is 5.97 Å². The van der Waals surface area contributed by atoms with Crippen molar-refractivity contribution in [2.24, 2.45) is 0 Å². The molecule has 6 heteroatoms. The predicted octanol–water partition coefficient (Wildman–Crippen LogP) is 3.91. The molecule has 28 heavy (non-hydrogen) atoms. The second kappa shape index (κ2) is 7.90. The second-order valence-corrected chi connectivity index (χ2v) is 9.75. The zero-order chi connectivity index (χ0) is 19.7. The Bertz CT molecular complexity index is 771. The molecule has 0 radical (unpaired) electrons. The van der Waals surface area contributed by atoms with Gasteiger partial charge in [0, 0.05) is 17.7 Å². The summed E-state index contributed by atoms with van der Waals surface area (Å²) in [4.78, 5) is 38.4. The number of carbonyl (C=O) groups is 3. The molecule has 0 spiro atoms. The minimum Gasteiger partial charge on any atom is -0.456 e. The van der Waals surface area contributed by atoms with Crippen LogP contribution in [0.5, 0.6) is 0 Å². The first-order valence-corrected chi connectivity index (χ1v) is 11.2. The van der Waals surface area contributed by atoms with E-state index < -0.39 is 12.0 Å². The van der Waals surface area contributed by atoms with Crippen molar-refractivity contribution in [3.05, 3.63) is 35.4 Å². The lowest BCUT2D eigenvalue weighted by molar-refractivity contribution is -0.152. The Morgan fingerprint density at radius 1 is 1.18 bits per heavy atom. The van der Waals surface area contributed by atoms with Crippen molar-refractivity contribution in [2.75, 3.05) is 12.4 Å². The molecule has 3 fully saturated rings. The zero-order valence-corrected chi connectivity index (χ0v) is 17.1. The van der Waals surface area contributed by atoms with Gasteiger partial charge in [-0.15, -0.1) is 11.8 Å². The molecule has 1 amide bonds. The number of amides is 1. The number of esters is 1. The number of hydrogen-bond acceptors (Lipinski definition) is 5. The average Bonchev–Trinajstić information content (AvgIpc) is 3.22. The van der Waals surface area contributed by atoms with E-state index in [1.807, 2.05) is 31.2 Å². The van der Waals surface area contributed by atoms with Gasteiger partial charge in [-0.25, -0.2) is 4.79 Å². The maximum atomic E-state index is 12.5. The van der Waals surface area contributed by atoms with Crippen LogP contribution in [0.25, 0.3) is 0 Å². The summed E-state index contributed by atoms with van der Waals surface area (Å²) in [5, 5.41) is 0. The number of carbonyl (C=O) groups excluding carboxylic acids is 3. The number of ketones is 1. The van der Waals surface area contributed by atoms with Crippen molar-refractivity contribution in [3.8, 4) is 0 Å². The Labute approximate surface area is 170 Å². The largest absolute Gasteiger partial charge is 0.456 e. The summed E-state index contributed by atoms with van der Waals surface area (Å²) in [6, 6.07) is 7.17. The van der Waals surface area contributed by atoms with E-state index in [4.69, 9.17) is 4.74 Å². The monoisotopic (exact) mass is 401 g/mol. The Morgan fingerprint density at radius 3 is 2.61 bits per heavy atom. The number of ether oxygens (including phenoxy) is 1. The predicted molar refractivity (Wildman–Crippen MR) is 108 cm³/mol. The molecule has 1 aromatic carbocycles. The molecule has 1 aliphatic carbocycles. The van der Waals surface area contributed by atoms with E-state index in [0.29, 0.717) is 23.7 Å². The molecular formula is C22H27NO4S. The number of thioether (sulfide) groups is 1. The summed E-state index contributed by atoms with van der Waals surface area (Å²) in [5.74, 6) is 0.455. The number of fused-ring (bicyclic) bond motifs is 1. The molecule has 0 N–H and O–H groups in total. The van der Waals surface area contributed by atoms with Crippen LogP contribution in [0, 0.1) is 0 Å². The van der Waals surface area contributed by atoms with Gasteiger partial charge in [-0.05, 0) is 37.7 Å². The third-order valence-electron chi connectivity index (χ3n) is 6.37. The molecule has 0 aromatic heterocycles. The highest BCUT2D eigenvalue weighted by Crippen LogP contribution is 2.47. The molecule has 0 unspecified atom stereocenters. The molecule has 1 aromatic rings. The quantitative estimate of drug-likeness (QED) is 0.553. The maximum absolute atomic E-state index is 12.5. The second-order valence-electron chi connectivity index (χ2n) is 8.25. The van der Waals surface area contributed by atoms with Crippen molar-refractivity contribution in [3.63, 3.8) is 0 Å². The molecule has 2 aliphatic heterocycles. The molecule has 1 saturated carbocycles. The first kappa shape index (κ1) is 19.5. The van der Waals surface area contributed by atoms with Crippen molar-refractivity contribution in [2.45, 2.75) is 68.7 Å². The van der Waals surface area contributed by atoms with E-state index in [1.54, 1.807) is 16.7 Å². The van der Waals surface area contributed by atoms with Gasteiger partial charge < -0.3 is 9.64 Å². The fourth-order valence-electron chi connectivity index (χ4n) is 4.69. The van der Waals surface area contributed by atoms with Gasteiger partial charge in [0.1, 0.15) is 6.04 Å². The van der Waals surface area contributed by atoms with Crippen LogP contribution in [0.4, 0.5) is 0 Å². The molecular weight excluding hydrogens is 374 g/mol. The van der Waals surface area contributed by atoms with E-state index in [2.05, 4.69) is 0 Å². The first-order chi connectivity index (χ1) is 13.5. The van der Waals surface area contributed by atoms with Gasteiger partial charge in [0.05, 0.1) is 4.87 Å². The number of benzene rings is 1. The average molecular weight is 402 g/mol. The maximum Gasteiger partial charge on any atom is 0.330 e. The van der Waals surface area contributed by atoms with Gasteiger partial charge in [0.2, 0.25) is 5.91 Å². The van der Waals surface area contributed by atoms with E-state index in [-0.39, 0.29) is 23.2 Å². The summed E-state index contributed by atoms with van der Waals surface area (Å²) in [7, 11) is 0. The Hall–Kier alpha value is -1.82. The van der Waals surface area contributed by atoms with Crippen LogP contribution in [0.1, 0.15) is 73.7 Å². The highest BCUT2D eigenvalue weighted by atomic mass is 32.2. The summed E-state index contributed by atoms with van der Waals surface area (Å²) >= 11 is 1.62. The molecule has 2 atom stereocenters. The lowest BCUT2D eigenvalue weighted by Crippen LogP contribution is -2.46. The summed E-state index contributed by atoms with van der Waals surface area (Å²) in [6.07, 6.45) is 7.54. The van der Waals surface area contributed by atoms with Gasteiger partial charge in [-0.1, -0.05) is 43.5 Å². The van der Waals surface area contributed by atoms with Crippen LogP contribution in [0.2, 0.25) is 0 Å². The molecule has 3 aliphatic rings. The Balaban J connectivity index is 1.33. The molecule has 5 nitrogen and oxygen atoms in total.